The van der Waals surface area contributed by atoms with Crippen molar-refractivity contribution >= 4 is 21.4 Å². The molecule has 0 bridgehead atoms. The molecule has 1 aromatic heterocycles. The summed E-state index contributed by atoms with van der Waals surface area (Å²) in [5.74, 6) is 2.29. The Labute approximate surface area is 163 Å². The molecule has 2 N–H and O–H groups in total. The SMILES string of the molecule is COc1ccc(CCNCC(O)COc2csc3ccccc23)cc1OC. The summed E-state index contributed by atoms with van der Waals surface area (Å²) >= 11 is 1.65. The van der Waals surface area contributed by atoms with Gasteiger partial charge in [-0.2, -0.15) is 0 Å². The van der Waals surface area contributed by atoms with E-state index < -0.39 is 6.10 Å². The molecule has 0 spiro atoms. The lowest BCUT2D eigenvalue weighted by Crippen LogP contribution is -2.32. The zero-order chi connectivity index (χ0) is 19.1. The molecule has 0 saturated carbocycles. The molecule has 1 heterocycles. The Kier molecular flexibility index (Phi) is 6.92. The summed E-state index contributed by atoms with van der Waals surface area (Å²) in [6.07, 6.45) is 0.275. The van der Waals surface area contributed by atoms with Crippen LogP contribution in [0.1, 0.15) is 5.56 Å². The molecular weight excluding hydrogens is 362 g/mol. The van der Waals surface area contributed by atoms with E-state index in [9.17, 15) is 5.11 Å². The van der Waals surface area contributed by atoms with Crippen LogP contribution in [0, 0.1) is 0 Å². The topological polar surface area (TPSA) is 60.0 Å². The van der Waals surface area contributed by atoms with Gasteiger partial charge in [0.15, 0.2) is 11.5 Å². The van der Waals surface area contributed by atoms with Gasteiger partial charge in [-0.25, -0.2) is 0 Å². The summed E-state index contributed by atoms with van der Waals surface area (Å²) in [7, 11) is 3.26. The highest BCUT2D eigenvalue weighted by molar-refractivity contribution is 7.17. The van der Waals surface area contributed by atoms with Crippen LogP contribution in [0.2, 0.25) is 0 Å². The van der Waals surface area contributed by atoms with E-state index in [2.05, 4.69) is 11.4 Å². The summed E-state index contributed by atoms with van der Waals surface area (Å²) in [6.45, 7) is 1.51. The first-order valence-electron chi connectivity index (χ1n) is 8.90. The zero-order valence-corrected chi connectivity index (χ0v) is 16.4. The van der Waals surface area contributed by atoms with Crippen molar-refractivity contribution in [2.75, 3.05) is 33.9 Å². The largest absolute Gasteiger partial charge is 0.493 e. The summed E-state index contributed by atoms with van der Waals surface area (Å²) in [6, 6.07) is 14.0. The summed E-state index contributed by atoms with van der Waals surface area (Å²) in [4.78, 5) is 0. The van der Waals surface area contributed by atoms with Gasteiger partial charge in [-0.3, -0.25) is 0 Å². The Balaban J connectivity index is 1.40. The standard InChI is InChI=1S/C21H25NO4S/c1-24-18-8-7-15(11-19(18)25-2)9-10-22-12-16(23)13-26-20-14-27-21-6-4-3-5-17(20)21/h3-8,11,14,16,22-23H,9-10,12-13H2,1-2H3. The Morgan fingerprint density at radius 3 is 2.67 bits per heavy atom. The molecule has 3 aromatic rings. The van der Waals surface area contributed by atoms with Crippen LogP contribution in [0.15, 0.2) is 47.8 Å². The minimum absolute atomic E-state index is 0.268. The van der Waals surface area contributed by atoms with Crippen molar-refractivity contribution in [3.63, 3.8) is 0 Å². The first kappa shape index (κ1) is 19.5. The van der Waals surface area contributed by atoms with E-state index >= 15 is 0 Å². The van der Waals surface area contributed by atoms with Gasteiger partial charge >= 0.3 is 0 Å². The highest BCUT2D eigenvalue weighted by Gasteiger charge is 2.09. The van der Waals surface area contributed by atoms with Gasteiger partial charge in [0, 0.05) is 22.0 Å². The minimum Gasteiger partial charge on any atom is -0.493 e. The molecular formula is C21H25NO4S. The van der Waals surface area contributed by atoms with Gasteiger partial charge in [-0.1, -0.05) is 18.2 Å². The number of ether oxygens (including phenoxy) is 3. The van der Waals surface area contributed by atoms with E-state index in [0.29, 0.717) is 6.54 Å². The van der Waals surface area contributed by atoms with E-state index in [1.54, 1.807) is 25.6 Å². The van der Waals surface area contributed by atoms with Crippen molar-refractivity contribution in [2.45, 2.75) is 12.5 Å². The molecule has 144 valence electrons. The molecule has 0 radical (unpaired) electrons. The first-order chi connectivity index (χ1) is 13.2. The number of methoxy groups -OCH3 is 2. The van der Waals surface area contributed by atoms with E-state index in [1.807, 2.05) is 41.8 Å². The molecule has 0 saturated heterocycles. The number of aliphatic hydroxyl groups excluding tert-OH is 1. The van der Waals surface area contributed by atoms with Gasteiger partial charge in [0.2, 0.25) is 0 Å². The Bertz CT molecular complexity index is 864. The molecule has 3 rings (SSSR count). The van der Waals surface area contributed by atoms with Crippen molar-refractivity contribution in [1.82, 2.24) is 5.32 Å². The second-order valence-electron chi connectivity index (χ2n) is 6.20. The lowest BCUT2D eigenvalue weighted by atomic mass is 10.1. The quantitative estimate of drug-likeness (QED) is 0.522. The van der Waals surface area contributed by atoms with Crippen molar-refractivity contribution in [2.24, 2.45) is 0 Å². The fourth-order valence-corrected chi connectivity index (χ4v) is 3.73. The van der Waals surface area contributed by atoms with Crippen LogP contribution in [-0.4, -0.2) is 45.1 Å². The van der Waals surface area contributed by atoms with E-state index in [1.165, 1.54) is 4.70 Å². The van der Waals surface area contributed by atoms with Crippen molar-refractivity contribution in [1.29, 1.82) is 0 Å². The molecule has 27 heavy (non-hydrogen) atoms. The van der Waals surface area contributed by atoms with E-state index in [-0.39, 0.29) is 6.61 Å². The maximum absolute atomic E-state index is 10.1. The number of benzene rings is 2. The Hall–Kier alpha value is -2.28. The van der Waals surface area contributed by atoms with Crippen molar-refractivity contribution < 1.29 is 19.3 Å². The summed E-state index contributed by atoms with van der Waals surface area (Å²) in [5, 5.41) is 16.5. The fraction of sp³-hybridized carbons (Fsp3) is 0.333. The van der Waals surface area contributed by atoms with Crippen LogP contribution in [0.25, 0.3) is 10.1 Å². The van der Waals surface area contributed by atoms with Crippen LogP contribution < -0.4 is 19.5 Å². The van der Waals surface area contributed by atoms with Gasteiger partial charge in [0.25, 0.3) is 0 Å². The third-order valence-corrected chi connectivity index (χ3v) is 5.24. The third kappa shape index (κ3) is 5.13. The molecule has 0 aliphatic rings. The van der Waals surface area contributed by atoms with Crippen molar-refractivity contribution in [3.8, 4) is 17.2 Å². The van der Waals surface area contributed by atoms with Gasteiger partial charge in [0.05, 0.1) is 14.2 Å². The second-order valence-corrected chi connectivity index (χ2v) is 7.12. The molecule has 0 aliphatic heterocycles. The number of thiophene rings is 1. The van der Waals surface area contributed by atoms with Crippen LogP contribution >= 0.6 is 11.3 Å². The molecule has 2 aromatic carbocycles. The van der Waals surface area contributed by atoms with Gasteiger partial charge in [-0.15, -0.1) is 11.3 Å². The van der Waals surface area contributed by atoms with Crippen LogP contribution in [0.4, 0.5) is 0 Å². The number of hydrogen-bond acceptors (Lipinski definition) is 6. The van der Waals surface area contributed by atoms with Gasteiger partial charge in [0.1, 0.15) is 18.5 Å². The number of aliphatic hydroxyl groups is 1. The summed E-state index contributed by atoms with van der Waals surface area (Å²) < 4.78 is 17.5. The average molecular weight is 388 g/mol. The average Bonchev–Trinajstić information content (AvgIpc) is 3.12. The Morgan fingerprint density at radius 2 is 1.85 bits per heavy atom. The molecule has 5 nitrogen and oxygen atoms in total. The van der Waals surface area contributed by atoms with E-state index in [4.69, 9.17) is 14.2 Å². The molecule has 1 atom stereocenters. The number of fused-ring (bicyclic) bond motifs is 1. The highest BCUT2D eigenvalue weighted by Crippen LogP contribution is 2.31. The molecule has 0 amide bonds. The molecule has 6 heteroatoms. The highest BCUT2D eigenvalue weighted by atomic mass is 32.1. The maximum Gasteiger partial charge on any atom is 0.160 e. The molecule has 1 unspecified atom stereocenters. The summed E-state index contributed by atoms with van der Waals surface area (Å²) in [5.41, 5.74) is 1.15. The number of nitrogens with one attached hydrogen (secondary N) is 1. The molecule has 0 fully saturated rings. The van der Waals surface area contributed by atoms with Crippen LogP contribution in [0.5, 0.6) is 17.2 Å². The zero-order valence-electron chi connectivity index (χ0n) is 15.6. The monoisotopic (exact) mass is 387 g/mol. The van der Waals surface area contributed by atoms with E-state index in [0.717, 1.165) is 41.2 Å². The number of rotatable bonds is 10. The maximum atomic E-state index is 10.1. The third-order valence-electron chi connectivity index (χ3n) is 4.30. The van der Waals surface area contributed by atoms with Crippen molar-refractivity contribution in [3.05, 3.63) is 53.4 Å². The van der Waals surface area contributed by atoms with Crippen LogP contribution in [-0.2, 0) is 6.42 Å². The minimum atomic E-state index is -0.561. The smallest absolute Gasteiger partial charge is 0.160 e. The normalized spacial score (nSPS) is 12.1. The lowest BCUT2D eigenvalue weighted by Gasteiger charge is -2.13. The second kappa shape index (κ2) is 9.60. The first-order valence-corrected chi connectivity index (χ1v) is 9.78. The van der Waals surface area contributed by atoms with Gasteiger partial charge < -0.3 is 24.6 Å². The fourth-order valence-electron chi connectivity index (χ4n) is 2.85. The van der Waals surface area contributed by atoms with Crippen LogP contribution in [0.3, 0.4) is 0 Å². The predicted molar refractivity (Wildman–Crippen MR) is 109 cm³/mol. The Morgan fingerprint density at radius 1 is 1.04 bits per heavy atom. The molecule has 0 aliphatic carbocycles. The lowest BCUT2D eigenvalue weighted by molar-refractivity contribution is 0.107. The number of hydrogen-bond donors (Lipinski definition) is 2. The predicted octanol–water partition coefficient (Wildman–Crippen LogP) is 3.49. The van der Waals surface area contributed by atoms with Gasteiger partial charge in [-0.05, 0) is 42.8 Å².